The minimum absolute atomic E-state index is 0.0901. The van der Waals surface area contributed by atoms with Gasteiger partial charge in [0, 0.05) is 50.6 Å². The zero-order valence-electron chi connectivity index (χ0n) is 22.4. The molecule has 37 heavy (non-hydrogen) atoms. The zero-order chi connectivity index (χ0) is 25.9. The van der Waals surface area contributed by atoms with E-state index in [4.69, 9.17) is 14.7 Å². The number of carbonyl (C=O) groups excluding carboxylic acids is 1. The van der Waals surface area contributed by atoms with E-state index in [2.05, 4.69) is 35.9 Å². The first-order valence-electron chi connectivity index (χ1n) is 13.5. The summed E-state index contributed by atoms with van der Waals surface area (Å²) in [6.45, 7) is 15.1. The SMILES string of the molecule is CCOc1ccccc1NC(=O)N1CCN(c2nc(CC(C)C)nc3sc4c(c23)CCN(CC)C4)CC1. The number of nitrogens with zero attached hydrogens (tertiary/aromatic N) is 5. The van der Waals surface area contributed by atoms with E-state index in [0.717, 1.165) is 62.0 Å². The number of piperazine rings is 1. The highest BCUT2D eigenvalue weighted by atomic mass is 32.1. The molecule has 5 rings (SSSR count). The van der Waals surface area contributed by atoms with E-state index in [0.29, 0.717) is 37.1 Å². The standard InChI is InChI=1S/C28H38N6O2S/c1-5-32-12-11-20-23(18-32)37-27-25(20)26(30-24(31-27)17-19(3)4)33-13-15-34(16-14-33)28(35)29-21-9-7-8-10-22(21)36-6-2/h7-10,19H,5-6,11-18H2,1-4H3,(H,29,35). The van der Waals surface area contributed by atoms with Gasteiger partial charge in [-0.25, -0.2) is 14.8 Å². The van der Waals surface area contributed by atoms with Crippen molar-refractivity contribution in [2.24, 2.45) is 5.92 Å². The van der Waals surface area contributed by atoms with E-state index in [-0.39, 0.29) is 6.03 Å². The highest BCUT2D eigenvalue weighted by Gasteiger charge is 2.29. The number of likely N-dealkylation sites (N-methyl/N-ethyl adjacent to an activating group) is 1. The molecule has 4 heterocycles. The first kappa shape index (κ1) is 25.7. The molecule has 3 aromatic rings. The number of nitrogens with one attached hydrogen (secondary N) is 1. The minimum atomic E-state index is -0.0901. The lowest BCUT2D eigenvalue weighted by Gasteiger charge is -2.36. The number of fused-ring (bicyclic) bond motifs is 3. The quantitative estimate of drug-likeness (QED) is 0.470. The fraction of sp³-hybridized carbons (Fsp3) is 0.536. The number of hydrogen-bond donors (Lipinski definition) is 1. The topological polar surface area (TPSA) is 73.8 Å². The van der Waals surface area contributed by atoms with Crippen LogP contribution in [0.15, 0.2) is 24.3 Å². The molecular weight excluding hydrogens is 484 g/mol. The molecule has 2 amide bonds. The summed E-state index contributed by atoms with van der Waals surface area (Å²) in [6, 6.07) is 7.50. The summed E-state index contributed by atoms with van der Waals surface area (Å²) in [5.74, 6) is 3.18. The number of anilines is 2. The molecule has 8 nitrogen and oxygen atoms in total. The highest BCUT2D eigenvalue weighted by molar-refractivity contribution is 7.19. The number of hydrogen-bond acceptors (Lipinski definition) is 7. The summed E-state index contributed by atoms with van der Waals surface area (Å²) in [4.78, 5) is 32.5. The average molecular weight is 523 g/mol. The van der Waals surface area contributed by atoms with Crippen LogP contribution in [0.2, 0.25) is 0 Å². The Morgan fingerprint density at radius 3 is 2.62 bits per heavy atom. The molecule has 0 saturated carbocycles. The summed E-state index contributed by atoms with van der Waals surface area (Å²) >= 11 is 1.84. The van der Waals surface area contributed by atoms with Gasteiger partial charge in [0.25, 0.3) is 0 Å². The fourth-order valence-electron chi connectivity index (χ4n) is 5.19. The summed E-state index contributed by atoms with van der Waals surface area (Å²) < 4.78 is 5.67. The Hall–Kier alpha value is -2.91. The molecule has 1 saturated heterocycles. The Morgan fingerprint density at radius 1 is 1.11 bits per heavy atom. The number of urea groups is 1. The van der Waals surface area contributed by atoms with Crippen molar-refractivity contribution in [1.82, 2.24) is 19.8 Å². The number of ether oxygens (including phenoxy) is 1. The number of rotatable bonds is 7. The fourth-order valence-corrected chi connectivity index (χ4v) is 6.47. The average Bonchev–Trinajstić information content (AvgIpc) is 3.26. The molecule has 1 aromatic carbocycles. The summed E-state index contributed by atoms with van der Waals surface area (Å²) in [7, 11) is 0. The van der Waals surface area contributed by atoms with Gasteiger partial charge in [0.2, 0.25) is 0 Å². The summed E-state index contributed by atoms with van der Waals surface area (Å²) in [5.41, 5.74) is 2.14. The number of aromatic nitrogens is 2. The monoisotopic (exact) mass is 522 g/mol. The van der Waals surface area contributed by atoms with Crippen molar-refractivity contribution < 1.29 is 9.53 Å². The lowest BCUT2D eigenvalue weighted by molar-refractivity contribution is 0.208. The van der Waals surface area contributed by atoms with Gasteiger partial charge in [-0.3, -0.25) is 4.90 Å². The first-order valence-corrected chi connectivity index (χ1v) is 14.3. The molecule has 0 aliphatic carbocycles. The second-order valence-electron chi connectivity index (χ2n) is 10.2. The van der Waals surface area contributed by atoms with Gasteiger partial charge in [0.1, 0.15) is 22.2 Å². The Labute approximate surface area is 223 Å². The molecule has 1 fully saturated rings. The number of amides is 2. The molecule has 2 aromatic heterocycles. The zero-order valence-corrected chi connectivity index (χ0v) is 23.2. The van der Waals surface area contributed by atoms with Gasteiger partial charge in [0.15, 0.2) is 0 Å². The third-order valence-electron chi connectivity index (χ3n) is 7.14. The number of benzene rings is 1. The Morgan fingerprint density at radius 2 is 1.89 bits per heavy atom. The maximum absolute atomic E-state index is 13.1. The first-order chi connectivity index (χ1) is 18.0. The number of para-hydroxylation sites is 2. The molecule has 9 heteroatoms. The molecule has 0 atom stereocenters. The van der Waals surface area contributed by atoms with Crippen LogP contribution in [0.3, 0.4) is 0 Å². The van der Waals surface area contributed by atoms with Crippen molar-refractivity contribution in [3.8, 4) is 5.75 Å². The van der Waals surface area contributed by atoms with Crippen molar-refractivity contribution >= 4 is 39.1 Å². The van der Waals surface area contributed by atoms with Crippen LogP contribution in [-0.2, 0) is 19.4 Å². The van der Waals surface area contributed by atoms with E-state index in [1.54, 1.807) is 0 Å². The number of carbonyl (C=O) groups is 1. The van der Waals surface area contributed by atoms with Gasteiger partial charge in [-0.05, 0) is 43.5 Å². The van der Waals surface area contributed by atoms with Crippen molar-refractivity contribution in [2.75, 3.05) is 56.1 Å². The summed E-state index contributed by atoms with van der Waals surface area (Å²) in [5, 5.41) is 4.28. The molecule has 0 unspecified atom stereocenters. The third kappa shape index (κ3) is 5.52. The maximum atomic E-state index is 13.1. The Kier molecular flexibility index (Phi) is 7.81. The van der Waals surface area contributed by atoms with Gasteiger partial charge >= 0.3 is 6.03 Å². The lowest BCUT2D eigenvalue weighted by atomic mass is 10.0. The smallest absolute Gasteiger partial charge is 0.322 e. The molecular formula is C28H38N6O2S. The lowest BCUT2D eigenvalue weighted by Crippen LogP contribution is -2.50. The van der Waals surface area contributed by atoms with Crippen molar-refractivity contribution in [3.63, 3.8) is 0 Å². The van der Waals surface area contributed by atoms with Crippen molar-refractivity contribution in [2.45, 2.75) is 47.1 Å². The largest absolute Gasteiger partial charge is 0.492 e. The Balaban J connectivity index is 1.36. The van der Waals surface area contributed by atoms with Gasteiger partial charge in [-0.15, -0.1) is 11.3 Å². The van der Waals surface area contributed by atoms with Crippen LogP contribution in [-0.4, -0.2) is 71.7 Å². The predicted octanol–water partition coefficient (Wildman–Crippen LogP) is 5.02. The second-order valence-corrected chi connectivity index (χ2v) is 11.3. The van der Waals surface area contributed by atoms with Crippen LogP contribution in [0, 0.1) is 5.92 Å². The van der Waals surface area contributed by atoms with E-state index >= 15 is 0 Å². The van der Waals surface area contributed by atoms with E-state index in [1.165, 1.54) is 15.8 Å². The molecule has 0 radical (unpaired) electrons. The van der Waals surface area contributed by atoms with Gasteiger partial charge in [-0.1, -0.05) is 32.9 Å². The highest BCUT2D eigenvalue weighted by Crippen LogP contribution is 2.39. The van der Waals surface area contributed by atoms with Gasteiger partial charge in [0.05, 0.1) is 17.7 Å². The summed E-state index contributed by atoms with van der Waals surface area (Å²) in [6.07, 6.45) is 1.92. The predicted molar refractivity (Wildman–Crippen MR) is 151 cm³/mol. The van der Waals surface area contributed by atoms with Gasteiger partial charge in [-0.2, -0.15) is 0 Å². The van der Waals surface area contributed by atoms with Gasteiger partial charge < -0.3 is 19.9 Å². The molecule has 1 N–H and O–H groups in total. The molecule has 2 aliphatic heterocycles. The van der Waals surface area contributed by atoms with Crippen LogP contribution in [0.25, 0.3) is 10.2 Å². The Bertz CT molecular complexity index is 1250. The van der Waals surface area contributed by atoms with Crippen LogP contribution in [0.5, 0.6) is 5.75 Å². The maximum Gasteiger partial charge on any atom is 0.322 e. The van der Waals surface area contributed by atoms with Crippen molar-refractivity contribution in [3.05, 3.63) is 40.5 Å². The van der Waals surface area contributed by atoms with Crippen LogP contribution >= 0.6 is 11.3 Å². The van der Waals surface area contributed by atoms with E-state index in [1.807, 2.05) is 47.4 Å². The minimum Gasteiger partial charge on any atom is -0.492 e. The normalized spacial score (nSPS) is 16.4. The van der Waals surface area contributed by atoms with Crippen LogP contribution in [0.4, 0.5) is 16.3 Å². The second kappa shape index (κ2) is 11.2. The molecule has 0 bridgehead atoms. The van der Waals surface area contributed by atoms with Crippen LogP contribution < -0.4 is 15.0 Å². The van der Waals surface area contributed by atoms with E-state index < -0.39 is 0 Å². The number of thiophene rings is 1. The van der Waals surface area contributed by atoms with E-state index in [9.17, 15) is 4.79 Å². The third-order valence-corrected chi connectivity index (χ3v) is 8.25. The van der Waals surface area contributed by atoms with Crippen molar-refractivity contribution in [1.29, 1.82) is 0 Å². The van der Waals surface area contributed by atoms with Crippen LogP contribution in [0.1, 0.15) is 44.0 Å². The molecule has 198 valence electrons. The molecule has 2 aliphatic rings. The molecule has 0 spiro atoms.